The van der Waals surface area contributed by atoms with Gasteiger partial charge in [-0.2, -0.15) is 0 Å². The Morgan fingerprint density at radius 1 is 1.00 bits per heavy atom. The van der Waals surface area contributed by atoms with Crippen molar-refractivity contribution < 1.29 is 19.7 Å². The summed E-state index contributed by atoms with van der Waals surface area (Å²) in [6.07, 6.45) is 6.46. The summed E-state index contributed by atoms with van der Waals surface area (Å²) >= 11 is 2.81. The first kappa shape index (κ1) is 36.4. The standard InChI is InChI=1S/C44H44N6O5S2/c51-35-13-11-27(32-12-14-39(52)46-40(32)35)15-16-45-24-29-20-34-41(33-8-3-7-31(29)33)50(48-47-34)18-5-17-49-25-43(26-49)22-30(23-43)55-42(53)44(54,37-10-4-19-56-37)38-21-28-6-1-2-9-36(28)57-38/h1-2,4,6,9-14,19-21,30,45,51,54H,3,5,7-8,15-18,22-26H2,(H,46,52)/t44-/m0/s1. The van der Waals surface area contributed by atoms with E-state index in [1.54, 1.807) is 12.1 Å². The molecular formula is C44H44N6O5S2. The average molecular weight is 801 g/mol. The number of carbonyl (C=O) groups excluding carboxylic acids is 1. The van der Waals surface area contributed by atoms with Crippen molar-refractivity contribution in [3.05, 3.63) is 121 Å². The summed E-state index contributed by atoms with van der Waals surface area (Å²) in [5.74, 6) is -0.499. The number of likely N-dealkylation sites (tertiary alicyclic amines) is 1. The Labute approximate surface area is 336 Å². The molecule has 0 radical (unpaired) electrons. The van der Waals surface area contributed by atoms with Crippen LogP contribution in [0.1, 0.15) is 57.7 Å². The highest BCUT2D eigenvalue weighted by Crippen LogP contribution is 2.51. The van der Waals surface area contributed by atoms with Gasteiger partial charge in [0, 0.05) is 47.7 Å². The summed E-state index contributed by atoms with van der Waals surface area (Å²) in [4.78, 5) is 31.9. The largest absolute Gasteiger partial charge is 0.506 e. The van der Waals surface area contributed by atoms with Crippen LogP contribution in [0.15, 0.2) is 83.0 Å². The number of hydrogen-bond acceptors (Lipinski definition) is 11. The second-order valence-electron chi connectivity index (χ2n) is 16.1. The van der Waals surface area contributed by atoms with Crippen LogP contribution >= 0.6 is 22.7 Å². The van der Waals surface area contributed by atoms with Crippen LogP contribution in [0.5, 0.6) is 5.75 Å². The number of benzene rings is 3. The van der Waals surface area contributed by atoms with E-state index >= 15 is 0 Å². The van der Waals surface area contributed by atoms with Crippen LogP contribution in [0.2, 0.25) is 0 Å². The van der Waals surface area contributed by atoms with Gasteiger partial charge < -0.3 is 30.2 Å². The summed E-state index contributed by atoms with van der Waals surface area (Å²) in [5.41, 5.74) is 5.94. The van der Waals surface area contributed by atoms with Crippen LogP contribution in [0, 0.1) is 5.41 Å². The molecule has 3 aliphatic rings. The van der Waals surface area contributed by atoms with Crippen LogP contribution in [-0.4, -0.2) is 73.3 Å². The summed E-state index contributed by atoms with van der Waals surface area (Å²) < 4.78 is 9.18. The van der Waals surface area contributed by atoms with E-state index in [9.17, 15) is 19.8 Å². The van der Waals surface area contributed by atoms with E-state index < -0.39 is 11.6 Å². The van der Waals surface area contributed by atoms with E-state index in [-0.39, 0.29) is 22.8 Å². The van der Waals surface area contributed by atoms with Crippen molar-refractivity contribution in [1.82, 2.24) is 30.2 Å². The SMILES string of the molecule is O=C(OC1CC2(C1)CN(CCCn1nnc3cc(CNCCc4ccc(O)c5[nH]c(=O)ccc45)c4c(c31)CCC4)C2)[C@](O)(c1cccs1)c1cc2ccccc2s1. The minimum atomic E-state index is -1.81. The number of fused-ring (bicyclic) bond motifs is 5. The molecule has 2 aliphatic carbocycles. The van der Waals surface area contributed by atoms with E-state index in [2.05, 4.69) is 36.3 Å². The van der Waals surface area contributed by atoms with Crippen LogP contribution < -0.4 is 10.9 Å². The molecule has 1 atom stereocenters. The number of aromatic amines is 1. The lowest BCUT2D eigenvalue weighted by Crippen LogP contribution is -2.64. The fourth-order valence-electron chi connectivity index (χ4n) is 9.58. The quantitative estimate of drug-likeness (QED) is 0.0769. The van der Waals surface area contributed by atoms with Gasteiger partial charge in [0.05, 0.1) is 20.8 Å². The molecule has 0 bridgehead atoms. The topological polar surface area (TPSA) is 146 Å². The molecule has 2 fully saturated rings. The maximum absolute atomic E-state index is 13.7. The molecule has 1 aliphatic heterocycles. The zero-order valence-electron chi connectivity index (χ0n) is 31.5. The van der Waals surface area contributed by atoms with Gasteiger partial charge in [-0.05, 0) is 127 Å². The maximum atomic E-state index is 13.7. The van der Waals surface area contributed by atoms with Crippen LogP contribution in [-0.2, 0) is 47.5 Å². The first-order valence-corrected chi connectivity index (χ1v) is 21.6. The van der Waals surface area contributed by atoms with E-state index in [0.717, 1.165) is 111 Å². The smallest absolute Gasteiger partial charge is 0.349 e. The molecule has 5 heterocycles. The van der Waals surface area contributed by atoms with Crippen LogP contribution in [0.3, 0.4) is 0 Å². The number of aliphatic hydroxyl groups is 1. The number of phenolic OH excluding ortho intramolecular Hbond substituents is 1. The first-order valence-electron chi connectivity index (χ1n) is 19.9. The molecule has 3 aromatic carbocycles. The molecule has 4 N–H and O–H groups in total. The number of nitrogens with zero attached hydrogens (tertiary/aromatic N) is 4. The number of thiophene rings is 2. The summed E-state index contributed by atoms with van der Waals surface area (Å²) in [5, 5.41) is 38.8. The highest BCUT2D eigenvalue weighted by atomic mass is 32.1. The van der Waals surface area contributed by atoms with Gasteiger partial charge in [-0.25, -0.2) is 9.48 Å². The predicted octanol–water partition coefficient (Wildman–Crippen LogP) is 6.41. The molecule has 292 valence electrons. The number of H-pyrrole nitrogens is 1. The Balaban J connectivity index is 0.718. The summed E-state index contributed by atoms with van der Waals surface area (Å²) in [6.45, 7) is 5.30. The second kappa shape index (κ2) is 14.5. The van der Waals surface area contributed by atoms with Gasteiger partial charge in [0.2, 0.25) is 11.2 Å². The second-order valence-corrected chi connectivity index (χ2v) is 18.2. The van der Waals surface area contributed by atoms with Crippen molar-refractivity contribution in [2.45, 2.75) is 69.7 Å². The third-order valence-corrected chi connectivity index (χ3v) is 14.5. The van der Waals surface area contributed by atoms with Gasteiger partial charge in [0.25, 0.3) is 0 Å². The van der Waals surface area contributed by atoms with E-state index in [0.29, 0.717) is 15.3 Å². The van der Waals surface area contributed by atoms with Crippen molar-refractivity contribution in [2.75, 3.05) is 26.2 Å². The zero-order valence-corrected chi connectivity index (χ0v) is 33.1. The number of aromatic hydroxyl groups is 1. The Bertz CT molecular complexity index is 2660. The molecule has 0 unspecified atom stereocenters. The minimum Gasteiger partial charge on any atom is -0.506 e. The fourth-order valence-corrected chi connectivity index (χ4v) is 11.6. The van der Waals surface area contributed by atoms with Gasteiger partial charge in [-0.15, -0.1) is 27.8 Å². The number of aryl methyl sites for hydroxylation is 2. The molecule has 10 rings (SSSR count). The molecule has 1 saturated heterocycles. The fraction of sp³-hybridized carbons (Fsp3) is 0.364. The number of aromatic nitrogens is 4. The summed E-state index contributed by atoms with van der Waals surface area (Å²) in [7, 11) is 0. The number of carbonyl (C=O) groups is 1. The van der Waals surface area contributed by atoms with Crippen LogP contribution in [0.25, 0.3) is 32.0 Å². The van der Waals surface area contributed by atoms with Crippen molar-refractivity contribution in [3.63, 3.8) is 0 Å². The highest BCUT2D eigenvalue weighted by molar-refractivity contribution is 7.19. The Morgan fingerprint density at radius 3 is 2.70 bits per heavy atom. The summed E-state index contributed by atoms with van der Waals surface area (Å²) in [6, 6.07) is 22.6. The molecule has 1 saturated carbocycles. The normalized spacial score (nSPS) is 17.6. The molecule has 11 nitrogen and oxygen atoms in total. The van der Waals surface area contributed by atoms with E-state index in [1.807, 2.05) is 53.9 Å². The van der Waals surface area contributed by atoms with Crippen molar-refractivity contribution in [3.8, 4) is 5.75 Å². The van der Waals surface area contributed by atoms with E-state index in [4.69, 9.17) is 4.74 Å². The lowest BCUT2D eigenvalue weighted by molar-refractivity contribution is -0.191. The molecule has 7 aromatic rings. The molecule has 0 amide bonds. The number of esters is 1. The molecule has 1 spiro atoms. The Hall–Kier alpha value is -4.92. The number of pyridine rings is 1. The van der Waals surface area contributed by atoms with Crippen molar-refractivity contribution in [2.24, 2.45) is 5.41 Å². The van der Waals surface area contributed by atoms with Gasteiger partial charge in [-0.1, -0.05) is 35.5 Å². The molecule has 4 aromatic heterocycles. The Kier molecular flexibility index (Phi) is 9.25. The maximum Gasteiger partial charge on any atom is 0.349 e. The van der Waals surface area contributed by atoms with Gasteiger partial charge in [-0.3, -0.25) is 4.79 Å². The lowest BCUT2D eigenvalue weighted by Gasteiger charge is -2.58. The average Bonchev–Trinajstić information content (AvgIpc) is 4.02. The van der Waals surface area contributed by atoms with Crippen molar-refractivity contribution in [1.29, 1.82) is 0 Å². The lowest BCUT2D eigenvalue weighted by atomic mass is 9.61. The predicted molar refractivity (Wildman–Crippen MR) is 223 cm³/mol. The zero-order chi connectivity index (χ0) is 38.7. The molecule has 13 heteroatoms. The molecule has 57 heavy (non-hydrogen) atoms. The number of ether oxygens (including phenoxy) is 1. The van der Waals surface area contributed by atoms with Gasteiger partial charge in [0.15, 0.2) is 0 Å². The minimum absolute atomic E-state index is 0.0826. The number of phenols is 1. The van der Waals surface area contributed by atoms with Gasteiger partial charge in [0.1, 0.15) is 17.4 Å². The first-order chi connectivity index (χ1) is 27.8. The van der Waals surface area contributed by atoms with Gasteiger partial charge >= 0.3 is 5.97 Å². The Morgan fingerprint density at radius 2 is 1.86 bits per heavy atom. The number of nitrogens with one attached hydrogen (secondary N) is 2. The number of rotatable bonds is 13. The van der Waals surface area contributed by atoms with E-state index in [1.165, 1.54) is 50.9 Å². The third kappa shape index (κ3) is 6.55. The highest BCUT2D eigenvalue weighted by Gasteiger charge is 2.55. The third-order valence-electron chi connectivity index (χ3n) is 12.3. The van der Waals surface area contributed by atoms with Crippen molar-refractivity contribution >= 4 is 60.7 Å². The number of hydrogen-bond donors (Lipinski definition) is 4. The van der Waals surface area contributed by atoms with Crippen LogP contribution in [0.4, 0.5) is 0 Å². The molecular weight excluding hydrogens is 757 g/mol. The monoisotopic (exact) mass is 800 g/mol.